The van der Waals surface area contributed by atoms with Crippen LogP contribution in [-0.2, 0) is 30.3 Å². The second kappa shape index (κ2) is 15.8. The third-order valence-electron chi connectivity index (χ3n) is 4.98. The zero-order valence-electron chi connectivity index (χ0n) is 20.3. The number of carbonyl (C=O) groups excluding carboxylic acids is 4. The fraction of sp³-hybridized carbons (Fsp3) is 0.600. The predicted molar refractivity (Wildman–Crippen MR) is 127 cm³/mol. The van der Waals surface area contributed by atoms with Crippen molar-refractivity contribution in [1.82, 2.24) is 16.0 Å². The first-order valence-electron chi connectivity index (χ1n) is 11.8. The zero-order valence-corrected chi connectivity index (χ0v) is 20.3. The summed E-state index contributed by atoms with van der Waals surface area (Å²) in [6.07, 6.45) is 3.77. The van der Waals surface area contributed by atoms with E-state index in [1.54, 1.807) is 6.92 Å². The molecule has 0 bridgehead atoms. The predicted octanol–water partition coefficient (Wildman–Crippen LogP) is 2.50. The van der Waals surface area contributed by atoms with Gasteiger partial charge >= 0.3 is 5.97 Å². The smallest absolute Gasteiger partial charge is 0.328 e. The monoisotopic (exact) mass is 461 g/mol. The molecule has 0 fully saturated rings. The van der Waals surface area contributed by atoms with Gasteiger partial charge in [-0.1, -0.05) is 63.9 Å². The number of benzene rings is 1. The van der Waals surface area contributed by atoms with Crippen molar-refractivity contribution in [1.29, 1.82) is 0 Å². The molecule has 3 amide bonds. The largest absolute Gasteiger partial charge is 0.464 e. The number of hydrogen-bond donors (Lipinski definition) is 3. The number of hydrogen-bond acceptors (Lipinski definition) is 5. The maximum Gasteiger partial charge on any atom is 0.328 e. The molecule has 0 aliphatic heterocycles. The molecular formula is C25H39N3O5. The van der Waals surface area contributed by atoms with Gasteiger partial charge in [0.25, 0.3) is 0 Å². The van der Waals surface area contributed by atoms with E-state index >= 15 is 0 Å². The minimum Gasteiger partial charge on any atom is -0.464 e. The molecule has 0 radical (unpaired) electrons. The third-order valence-corrected chi connectivity index (χ3v) is 4.98. The van der Waals surface area contributed by atoms with Crippen LogP contribution < -0.4 is 16.0 Å². The number of unbranched alkanes of at least 4 members (excludes halogenated alkanes) is 2. The van der Waals surface area contributed by atoms with E-state index in [0.29, 0.717) is 12.8 Å². The topological polar surface area (TPSA) is 114 Å². The fourth-order valence-electron chi connectivity index (χ4n) is 3.31. The molecule has 1 aromatic rings. The van der Waals surface area contributed by atoms with Crippen LogP contribution in [0.3, 0.4) is 0 Å². The molecule has 0 unspecified atom stereocenters. The number of carbonyl (C=O) groups is 4. The van der Waals surface area contributed by atoms with Crippen LogP contribution in [0.4, 0.5) is 0 Å². The van der Waals surface area contributed by atoms with Gasteiger partial charge < -0.3 is 20.7 Å². The normalized spacial score (nSPS) is 12.5. The molecule has 0 saturated heterocycles. The van der Waals surface area contributed by atoms with Crippen molar-refractivity contribution >= 4 is 23.7 Å². The summed E-state index contributed by atoms with van der Waals surface area (Å²) in [5.41, 5.74) is 0.859. The molecule has 0 saturated carbocycles. The van der Waals surface area contributed by atoms with Crippen LogP contribution in [0.1, 0.15) is 65.4 Å². The summed E-state index contributed by atoms with van der Waals surface area (Å²) in [5.74, 6) is -1.47. The number of rotatable bonds is 15. The van der Waals surface area contributed by atoms with Crippen molar-refractivity contribution in [2.75, 3.05) is 13.2 Å². The number of esters is 1. The van der Waals surface area contributed by atoms with E-state index in [-0.39, 0.29) is 31.4 Å². The van der Waals surface area contributed by atoms with Crippen molar-refractivity contribution < 1.29 is 23.9 Å². The molecule has 184 valence electrons. The van der Waals surface area contributed by atoms with Gasteiger partial charge in [0.1, 0.15) is 12.1 Å². The van der Waals surface area contributed by atoms with Crippen LogP contribution in [-0.4, -0.2) is 48.9 Å². The van der Waals surface area contributed by atoms with E-state index in [1.165, 1.54) is 0 Å². The van der Waals surface area contributed by atoms with E-state index in [2.05, 4.69) is 22.9 Å². The molecule has 3 N–H and O–H groups in total. The summed E-state index contributed by atoms with van der Waals surface area (Å²) >= 11 is 0. The second-order valence-corrected chi connectivity index (χ2v) is 8.49. The van der Waals surface area contributed by atoms with Crippen molar-refractivity contribution in [3.8, 4) is 0 Å². The van der Waals surface area contributed by atoms with Gasteiger partial charge in [0.05, 0.1) is 13.2 Å². The fourth-order valence-corrected chi connectivity index (χ4v) is 3.31. The van der Waals surface area contributed by atoms with Gasteiger partial charge in [-0.2, -0.15) is 0 Å². The highest BCUT2D eigenvalue weighted by molar-refractivity contribution is 5.92. The van der Waals surface area contributed by atoms with Gasteiger partial charge in [-0.25, -0.2) is 4.79 Å². The Morgan fingerprint density at radius 1 is 0.909 bits per heavy atom. The van der Waals surface area contributed by atoms with Gasteiger partial charge in [-0.05, 0) is 31.2 Å². The Labute approximate surface area is 197 Å². The first-order valence-corrected chi connectivity index (χ1v) is 11.8. The first-order chi connectivity index (χ1) is 15.8. The van der Waals surface area contributed by atoms with Gasteiger partial charge in [0.15, 0.2) is 0 Å². The van der Waals surface area contributed by atoms with E-state index < -0.39 is 29.9 Å². The Morgan fingerprint density at radius 2 is 1.61 bits per heavy atom. The van der Waals surface area contributed by atoms with Gasteiger partial charge in [0, 0.05) is 12.8 Å². The van der Waals surface area contributed by atoms with E-state index in [9.17, 15) is 19.2 Å². The lowest BCUT2D eigenvalue weighted by Crippen LogP contribution is -2.54. The average molecular weight is 462 g/mol. The van der Waals surface area contributed by atoms with Crippen molar-refractivity contribution in [2.24, 2.45) is 5.92 Å². The highest BCUT2D eigenvalue weighted by Crippen LogP contribution is 2.09. The summed E-state index contributed by atoms with van der Waals surface area (Å²) in [6, 6.07) is 7.58. The van der Waals surface area contributed by atoms with Crippen LogP contribution in [0.2, 0.25) is 0 Å². The molecule has 0 aromatic heterocycles. The van der Waals surface area contributed by atoms with Gasteiger partial charge in [-0.15, -0.1) is 0 Å². The number of amides is 3. The van der Waals surface area contributed by atoms with Crippen LogP contribution in [0.5, 0.6) is 0 Å². The van der Waals surface area contributed by atoms with E-state index in [1.807, 2.05) is 44.2 Å². The van der Waals surface area contributed by atoms with Crippen molar-refractivity contribution in [2.45, 2.75) is 78.3 Å². The minimum atomic E-state index is -0.902. The lowest BCUT2D eigenvalue weighted by molar-refractivity contribution is -0.148. The number of nitrogens with one attached hydrogen (secondary N) is 3. The Kier molecular flexibility index (Phi) is 13.5. The molecule has 1 aromatic carbocycles. The Balaban J connectivity index is 2.83. The highest BCUT2D eigenvalue weighted by Gasteiger charge is 2.28. The quantitative estimate of drug-likeness (QED) is 0.274. The van der Waals surface area contributed by atoms with Crippen molar-refractivity contribution in [3.05, 3.63) is 35.9 Å². The SMILES string of the molecule is CCCCCC(=O)NCC(=O)N[C@@H](Cc1ccccc1)C(=O)N[C@@H](CC(C)C)C(=O)OCC. The molecule has 1 rings (SSSR count). The molecular weight excluding hydrogens is 422 g/mol. The Bertz CT molecular complexity index is 752. The Hall–Kier alpha value is -2.90. The highest BCUT2D eigenvalue weighted by atomic mass is 16.5. The molecule has 2 atom stereocenters. The first kappa shape index (κ1) is 28.1. The Morgan fingerprint density at radius 3 is 2.21 bits per heavy atom. The summed E-state index contributed by atoms with van der Waals surface area (Å²) in [6.45, 7) is 7.66. The summed E-state index contributed by atoms with van der Waals surface area (Å²) in [7, 11) is 0. The van der Waals surface area contributed by atoms with Crippen LogP contribution in [0.15, 0.2) is 30.3 Å². The molecule has 33 heavy (non-hydrogen) atoms. The molecule has 8 heteroatoms. The maximum absolute atomic E-state index is 13.1. The third kappa shape index (κ3) is 12.1. The standard InChI is InChI=1S/C25H39N3O5/c1-5-7-9-14-22(29)26-17-23(30)27-20(16-19-12-10-8-11-13-19)24(31)28-21(15-18(3)4)25(32)33-6-2/h8,10-13,18,20-21H,5-7,9,14-17H2,1-4H3,(H,26,29)(H,27,30)(H,28,31)/t20-,21-/m0/s1. The lowest BCUT2D eigenvalue weighted by Gasteiger charge is -2.24. The van der Waals surface area contributed by atoms with E-state index in [0.717, 1.165) is 24.8 Å². The summed E-state index contributed by atoms with van der Waals surface area (Å²) in [5, 5.41) is 8.04. The molecule has 0 heterocycles. The molecule has 0 spiro atoms. The van der Waals surface area contributed by atoms with Crippen LogP contribution in [0.25, 0.3) is 0 Å². The maximum atomic E-state index is 13.1. The second-order valence-electron chi connectivity index (χ2n) is 8.49. The molecule has 8 nitrogen and oxygen atoms in total. The van der Waals surface area contributed by atoms with E-state index in [4.69, 9.17) is 4.74 Å². The van der Waals surface area contributed by atoms with Crippen molar-refractivity contribution in [3.63, 3.8) is 0 Å². The molecule has 0 aliphatic carbocycles. The van der Waals surface area contributed by atoms with Gasteiger partial charge in [0.2, 0.25) is 17.7 Å². The number of ether oxygens (including phenoxy) is 1. The summed E-state index contributed by atoms with van der Waals surface area (Å²) < 4.78 is 5.10. The zero-order chi connectivity index (χ0) is 24.6. The van der Waals surface area contributed by atoms with Crippen LogP contribution >= 0.6 is 0 Å². The minimum absolute atomic E-state index is 0.157. The lowest BCUT2D eigenvalue weighted by atomic mass is 10.0. The molecule has 0 aliphatic rings. The summed E-state index contributed by atoms with van der Waals surface area (Å²) in [4.78, 5) is 49.8. The van der Waals surface area contributed by atoms with Gasteiger partial charge in [-0.3, -0.25) is 14.4 Å². The average Bonchev–Trinajstić information content (AvgIpc) is 2.77. The van der Waals surface area contributed by atoms with Crippen LogP contribution in [0, 0.1) is 5.92 Å².